The van der Waals surface area contributed by atoms with Gasteiger partial charge in [0, 0.05) is 36.6 Å². The summed E-state index contributed by atoms with van der Waals surface area (Å²) in [7, 11) is 0. The van der Waals surface area contributed by atoms with E-state index in [1.54, 1.807) is 6.20 Å². The summed E-state index contributed by atoms with van der Waals surface area (Å²) < 4.78 is 0. The average Bonchev–Trinajstić information content (AvgIpc) is 2.78. The van der Waals surface area contributed by atoms with Crippen molar-refractivity contribution >= 4 is 29.1 Å². The highest BCUT2D eigenvalue weighted by Crippen LogP contribution is 2.38. The fourth-order valence-corrected chi connectivity index (χ4v) is 4.04. The monoisotopic (exact) mass is 411 g/mol. The van der Waals surface area contributed by atoms with E-state index in [1.165, 1.54) is 16.8 Å². The first-order valence-electron chi connectivity index (χ1n) is 10.6. The smallest absolute Gasteiger partial charge is 0.0766 e. The van der Waals surface area contributed by atoms with Gasteiger partial charge in [-0.1, -0.05) is 56.3 Å². The Bertz CT molecular complexity index is 836. The minimum absolute atomic E-state index is 0.00348. The number of anilines is 2. The van der Waals surface area contributed by atoms with Gasteiger partial charge in [0.15, 0.2) is 0 Å². The molecule has 3 rings (SSSR count). The van der Waals surface area contributed by atoms with Gasteiger partial charge in [-0.2, -0.15) is 0 Å². The number of rotatable bonds is 7. The van der Waals surface area contributed by atoms with Crippen molar-refractivity contribution in [2.45, 2.75) is 40.7 Å². The molecule has 1 atom stereocenters. The molecule has 4 heteroatoms. The van der Waals surface area contributed by atoms with E-state index in [-0.39, 0.29) is 6.04 Å². The minimum Gasteiger partial charge on any atom is -0.381 e. The van der Waals surface area contributed by atoms with Gasteiger partial charge in [0.25, 0.3) is 0 Å². The molecule has 0 bridgehead atoms. The summed E-state index contributed by atoms with van der Waals surface area (Å²) in [5, 5.41) is 7.65. The largest absolute Gasteiger partial charge is 0.381 e. The lowest BCUT2D eigenvalue weighted by Gasteiger charge is -2.26. The summed E-state index contributed by atoms with van der Waals surface area (Å²) in [4.78, 5) is 2.34. The Morgan fingerprint density at radius 3 is 2.45 bits per heavy atom. The van der Waals surface area contributed by atoms with Crippen LogP contribution in [0.1, 0.15) is 56.0 Å². The Balaban J connectivity index is 0.00000145. The number of fused-ring (bicyclic) bond motifs is 1. The average molecular weight is 412 g/mol. The normalized spacial score (nSPS) is 12.8. The van der Waals surface area contributed by atoms with E-state index in [1.807, 2.05) is 13.8 Å². The number of benzene rings is 2. The summed E-state index contributed by atoms with van der Waals surface area (Å²) in [5.74, 6) is 0. The van der Waals surface area contributed by atoms with E-state index < -0.39 is 0 Å². The number of hydrogen-bond donors (Lipinski definition) is 2. The Morgan fingerprint density at radius 1 is 1.21 bits per heavy atom. The van der Waals surface area contributed by atoms with Crippen molar-refractivity contribution in [2.24, 2.45) is 0 Å². The molecular formula is C25H34ClN3. The van der Waals surface area contributed by atoms with Crippen molar-refractivity contribution < 1.29 is 0 Å². The fraction of sp³-hybridized carbons (Fsp3) is 0.360. The summed E-state index contributed by atoms with van der Waals surface area (Å²) in [6.07, 6.45) is 5.95. The molecule has 3 nitrogen and oxygen atoms in total. The molecule has 0 saturated heterocycles. The molecule has 0 amide bonds. The molecule has 0 aromatic heterocycles. The molecule has 2 aromatic carbocycles. The van der Waals surface area contributed by atoms with Crippen LogP contribution >= 0.6 is 11.6 Å². The van der Waals surface area contributed by atoms with Crippen LogP contribution < -0.4 is 15.5 Å². The van der Waals surface area contributed by atoms with Crippen LogP contribution in [0.15, 0.2) is 49.2 Å². The van der Waals surface area contributed by atoms with Gasteiger partial charge in [-0.15, -0.1) is 0 Å². The maximum Gasteiger partial charge on any atom is 0.0766 e. The third kappa shape index (κ3) is 4.97. The second kappa shape index (κ2) is 11.0. The molecule has 0 radical (unpaired) electrons. The van der Waals surface area contributed by atoms with Gasteiger partial charge in [0.05, 0.1) is 11.1 Å². The van der Waals surface area contributed by atoms with Gasteiger partial charge in [0.1, 0.15) is 0 Å². The second-order valence-electron chi connectivity index (χ2n) is 6.71. The van der Waals surface area contributed by atoms with Crippen molar-refractivity contribution in [3.63, 3.8) is 0 Å². The summed E-state index contributed by atoms with van der Waals surface area (Å²) in [6.45, 7) is 17.2. The van der Waals surface area contributed by atoms with Crippen molar-refractivity contribution in [3.8, 4) is 0 Å². The molecule has 1 aliphatic heterocycles. The van der Waals surface area contributed by atoms with Crippen LogP contribution in [0, 0.1) is 6.92 Å². The Labute approximate surface area is 181 Å². The van der Waals surface area contributed by atoms with Gasteiger partial charge in [-0.3, -0.25) is 0 Å². The van der Waals surface area contributed by atoms with Crippen LogP contribution in [0.5, 0.6) is 0 Å². The quantitative estimate of drug-likeness (QED) is 0.525. The van der Waals surface area contributed by atoms with Crippen molar-refractivity contribution in [1.82, 2.24) is 5.32 Å². The van der Waals surface area contributed by atoms with Crippen LogP contribution in [0.3, 0.4) is 0 Å². The number of nitrogens with zero attached hydrogens (tertiary/aromatic N) is 1. The summed E-state index contributed by atoms with van der Waals surface area (Å²) in [6, 6.07) is 10.8. The molecule has 2 aromatic rings. The van der Waals surface area contributed by atoms with Gasteiger partial charge < -0.3 is 15.5 Å². The van der Waals surface area contributed by atoms with E-state index in [4.69, 9.17) is 11.6 Å². The molecule has 1 heterocycles. The zero-order valence-electron chi connectivity index (χ0n) is 18.3. The number of nitrogens with one attached hydrogen (secondary N) is 2. The lowest BCUT2D eigenvalue weighted by molar-refractivity contribution is 0.725. The van der Waals surface area contributed by atoms with E-state index in [9.17, 15) is 0 Å². The second-order valence-corrected chi connectivity index (χ2v) is 7.12. The predicted molar refractivity (Wildman–Crippen MR) is 130 cm³/mol. The highest BCUT2D eigenvalue weighted by Gasteiger charge is 2.21. The topological polar surface area (TPSA) is 27.3 Å². The van der Waals surface area contributed by atoms with Gasteiger partial charge in [-0.05, 0) is 61.9 Å². The standard InChI is InChI=1S/C23H28ClN3.C2H6/c1-5-25-23(17-10-12-18(13-11-17)27(6-2)7-3)20-15-21(24)19-9-8-14-26-22(19)16(20)4;1-2/h5,8-13,15,23,25-26H,1,6-7,14H2,2-4H3;1-2H3. The number of hydrogen-bond acceptors (Lipinski definition) is 3. The third-order valence-corrected chi connectivity index (χ3v) is 5.56. The van der Waals surface area contributed by atoms with Crippen LogP contribution in [0.4, 0.5) is 11.4 Å². The fourth-order valence-electron chi connectivity index (χ4n) is 3.77. The zero-order valence-corrected chi connectivity index (χ0v) is 19.1. The highest BCUT2D eigenvalue weighted by molar-refractivity contribution is 6.32. The molecule has 0 aliphatic carbocycles. The highest BCUT2D eigenvalue weighted by atomic mass is 35.5. The summed E-state index contributed by atoms with van der Waals surface area (Å²) in [5.41, 5.74) is 7.00. The zero-order chi connectivity index (χ0) is 21.4. The first-order valence-corrected chi connectivity index (χ1v) is 10.9. The van der Waals surface area contributed by atoms with E-state index in [0.717, 1.165) is 41.5 Å². The maximum absolute atomic E-state index is 6.60. The van der Waals surface area contributed by atoms with Gasteiger partial charge in [0.2, 0.25) is 0 Å². The Hall–Kier alpha value is -2.39. The van der Waals surface area contributed by atoms with Crippen LogP contribution in [0.25, 0.3) is 6.08 Å². The molecule has 2 N–H and O–H groups in total. The minimum atomic E-state index is 0.00348. The first kappa shape index (κ1) is 22.9. The molecule has 156 valence electrons. The van der Waals surface area contributed by atoms with Crippen LogP contribution in [0.2, 0.25) is 5.02 Å². The maximum atomic E-state index is 6.60. The lowest BCUT2D eigenvalue weighted by atomic mass is 9.91. The molecule has 0 saturated carbocycles. The molecule has 0 fully saturated rings. The van der Waals surface area contributed by atoms with Crippen LogP contribution in [-0.4, -0.2) is 19.6 Å². The molecule has 0 spiro atoms. The van der Waals surface area contributed by atoms with Crippen molar-refractivity contribution in [2.75, 3.05) is 29.9 Å². The van der Waals surface area contributed by atoms with Crippen LogP contribution in [-0.2, 0) is 0 Å². The Kier molecular flexibility index (Phi) is 8.66. The predicted octanol–water partition coefficient (Wildman–Crippen LogP) is 6.78. The Morgan fingerprint density at radius 2 is 1.86 bits per heavy atom. The third-order valence-electron chi connectivity index (χ3n) is 5.25. The summed E-state index contributed by atoms with van der Waals surface area (Å²) >= 11 is 6.60. The first-order chi connectivity index (χ1) is 14.1. The van der Waals surface area contributed by atoms with Crippen molar-refractivity contribution in [1.29, 1.82) is 0 Å². The van der Waals surface area contributed by atoms with Gasteiger partial charge >= 0.3 is 0 Å². The molecular weight excluding hydrogens is 378 g/mol. The number of halogens is 1. The van der Waals surface area contributed by atoms with E-state index >= 15 is 0 Å². The van der Waals surface area contributed by atoms with E-state index in [2.05, 4.69) is 85.4 Å². The molecule has 29 heavy (non-hydrogen) atoms. The molecule has 1 aliphatic rings. The van der Waals surface area contributed by atoms with Gasteiger partial charge in [-0.25, -0.2) is 0 Å². The SMILES string of the molecule is C=CNC(c1ccc(N(CC)CC)cc1)c1cc(Cl)c2c(c1C)NCC=C2.CC. The lowest BCUT2D eigenvalue weighted by Crippen LogP contribution is -2.22. The van der Waals surface area contributed by atoms with E-state index in [0.29, 0.717) is 0 Å². The molecule has 1 unspecified atom stereocenters. The van der Waals surface area contributed by atoms with Crippen molar-refractivity contribution in [3.05, 3.63) is 76.5 Å².